The van der Waals surface area contributed by atoms with E-state index in [1.54, 1.807) is 36.1 Å². The third-order valence-electron chi connectivity index (χ3n) is 3.08. The molecular weight excluding hydrogens is 258 g/mol. The van der Waals surface area contributed by atoms with Gasteiger partial charge in [0.1, 0.15) is 0 Å². The summed E-state index contributed by atoms with van der Waals surface area (Å²) in [4.78, 5) is 29.6. The van der Waals surface area contributed by atoms with Gasteiger partial charge in [0, 0.05) is 31.6 Å². The molecule has 0 unspecified atom stereocenters. The molecule has 2 rings (SSSR count). The highest BCUT2D eigenvalue weighted by atomic mass is 16.5. The molecule has 0 radical (unpaired) electrons. The number of pyridine rings is 1. The van der Waals surface area contributed by atoms with Crippen molar-refractivity contribution in [2.45, 2.75) is 13.8 Å². The van der Waals surface area contributed by atoms with Crippen LogP contribution < -0.4 is 4.90 Å². The van der Waals surface area contributed by atoms with Crippen LogP contribution in [-0.4, -0.2) is 35.4 Å². The van der Waals surface area contributed by atoms with Gasteiger partial charge in [0.25, 0.3) is 0 Å². The molecule has 2 heterocycles. The van der Waals surface area contributed by atoms with Crippen molar-refractivity contribution in [3.8, 4) is 0 Å². The fraction of sp³-hybridized carbons (Fsp3) is 0.357. The van der Waals surface area contributed by atoms with Gasteiger partial charge in [0.15, 0.2) is 5.65 Å². The average Bonchev–Trinajstić information content (AvgIpc) is 2.91. The number of amides is 1. The van der Waals surface area contributed by atoms with Crippen molar-refractivity contribution in [3.05, 3.63) is 30.2 Å². The van der Waals surface area contributed by atoms with Gasteiger partial charge in [0.05, 0.1) is 18.4 Å². The predicted molar refractivity (Wildman–Crippen MR) is 74.8 cm³/mol. The van der Waals surface area contributed by atoms with E-state index in [0.717, 1.165) is 0 Å². The maximum atomic E-state index is 12.1. The van der Waals surface area contributed by atoms with Crippen molar-refractivity contribution in [1.29, 1.82) is 0 Å². The minimum Gasteiger partial charge on any atom is -0.465 e. The molecule has 0 aliphatic carbocycles. The van der Waals surface area contributed by atoms with E-state index in [9.17, 15) is 9.59 Å². The molecule has 0 spiro atoms. The molecule has 106 valence electrons. The van der Waals surface area contributed by atoms with Crippen LogP contribution in [0.3, 0.4) is 0 Å². The first-order valence-electron chi connectivity index (χ1n) is 6.28. The lowest BCUT2D eigenvalue weighted by Gasteiger charge is -2.20. The Morgan fingerprint density at radius 2 is 2.10 bits per heavy atom. The van der Waals surface area contributed by atoms with E-state index in [2.05, 4.69) is 4.98 Å². The SMILES string of the molecule is COC(=O)c1cc(N(C)C(=O)C(C)C)c2nccn2c1. The Kier molecular flexibility index (Phi) is 3.74. The number of anilines is 1. The lowest BCUT2D eigenvalue weighted by molar-refractivity contribution is -0.121. The summed E-state index contributed by atoms with van der Waals surface area (Å²) < 4.78 is 6.43. The molecule has 6 heteroatoms. The lowest BCUT2D eigenvalue weighted by Crippen LogP contribution is -2.31. The highest BCUT2D eigenvalue weighted by molar-refractivity contribution is 5.99. The number of carbonyl (C=O) groups excluding carboxylic acids is 2. The summed E-state index contributed by atoms with van der Waals surface area (Å²) in [6.07, 6.45) is 4.97. The van der Waals surface area contributed by atoms with Crippen LogP contribution in [0.2, 0.25) is 0 Å². The van der Waals surface area contributed by atoms with Gasteiger partial charge in [-0.05, 0) is 6.07 Å². The molecular formula is C14H17N3O3. The number of fused-ring (bicyclic) bond motifs is 1. The van der Waals surface area contributed by atoms with Gasteiger partial charge >= 0.3 is 5.97 Å². The Morgan fingerprint density at radius 1 is 1.40 bits per heavy atom. The zero-order valence-electron chi connectivity index (χ0n) is 12.0. The molecule has 0 fully saturated rings. The maximum absolute atomic E-state index is 12.1. The first-order chi connectivity index (χ1) is 9.45. The van der Waals surface area contributed by atoms with Gasteiger partial charge in [-0.1, -0.05) is 13.8 Å². The van der Waals surface area contributed by atoms with E-state index in [1.165, 1.54) is 12.0 Å². The Balaban J connectivity index is 2.58. The first kappa shape index (κ1) is 14.0. The third-order valence-corrected chi connectivity index (χ3v) is 3.08. The molecule has 0 saturated heterocycles. The molecule has 0 bridgehead atoms. The quantitative estimate of drug-likeness (QED) is 0.800. The number of esters is 1. The van der Waals surface area contributed by atoms with Crippen molar-refractivity contribution in [1.82, 2.24) is 9.38 Å². The van der Waals surface area contributed by atoms with Crippen molar-refractivity contribution in [2.75, 3.05) is 19.1 Å². The molecule has 0 saturated carbocycles. The molecule has 2 aromatic rings. The van der Waals surface area contributed by atoms with Crippen molar-refractivity contribution < 1.29 is 14.3 Å². The highest BCUT2D eigenvalue weighted by Gasteiger charge is 2.20. The molecule has 0 N–H and O–H groups in total. The van der Waals surface area contributed by atoms with Gasteiger partial charge in [-0.2, -0.15) is 0 Å². The predicted octanol–water partition coefficient (Wildman–Crippen LogP) is 1.74. The number of imidazole rings is 1. The van der Waals surface area contributed by atoms with Crippen LogP contribution in [0.1, 0.15) is 24.2 Å². The smallest absolute Gasteiger partial charge is 0.339 e. The molecule has 0 aromatic carbocycles. The number of carbonyl (C=O) groups is 2. The van der Waals surface area contributed by atoms with Crippen LogP contribution in [-0.2, 0) is 9.53 Å². The summed E-state index contributed by atoms with van der Waals surface area (Å²) in [5, 5.41) is 0. The Bertz CT molecular complexity index is 661. The highest BCUT2D eigenvalue weighted by Crippen LogP contribution is 2.23. The van der Waals surface area contributed by atoms with Crippen LogP contribution in [0.5, 0.6) is 0 Å². The Hall–Kier alpha value is -2.37. The number of aromatic nitrogens is 2. The van der Waals surface area contributed by atoms with Gasteiger partial charge in [-0.15, -0.1) is 0 Å². The van der Waals surface area contributed by atoms with E-state index >= 15 is 0 Å². The summed E-state index contributed by atoms with van der Waals surface area (Å²) in [6, 6.07) is 1.62. The molecule has 1 amide bonds. The number of hydrogen-bond acceptors (Lipinski definition) is 4. The van der Waals surface area contributed by atoms with Crippen molar-refractivity contribution >= 4 is 23.2 Å². The average molecular weight is 275 g/mol. The first-order valence-corrected chi connectivity index (χ1v) is 6.28. The van der Waals surface area contributed by atoms with Crippen LogP contribution in [0, 0.1) is 5.92 Å². The topological polar surface area (TPSA) is 63.9 Å². The second kappa shape index (κ2) is 5.32. The Labute approximate surface area is 117 Å². The maximum Gasteiger partial charge on any atom is 0.339 e. The van der Waals surface area contributed by atoms with E-state index in [4.69, 9.17) is 4.74 Å². The fourth-order valence-electron chi connectivity index (χ4n) is 2.00. The van der Waals surface area contributed by atoms with E-state index in [-0.39, 0.29) is 11.8 Å². The normalized spacial score (nSPS) is 10.8. The third kappa shape index (κ3) is 2.36. The number of hydrogen-bond donors (Lipinski definition) is 0. The minimum absolute atomic E-state index is 0.0445. The van der Waals surface area contributed by atoms with Crippen molar-refractivity contribution in [3.63, 3.8) is 0 Å². The van der Waals surface area contributed by atoms with Crippen LogP contribution >= 0.6 is 0 Å². The molecule has 2 aromatic heterocycles. The molecule has 0 aliphatic rings. The molecule has 6 nitrogen and oxygen atoms in total. The van der Waals surface area contributed by atoms with Gasteiger partial charge in [-0.25, -0.2) is 9.78 Å². The second-order valence-corrected chi connectivity index (χ2v) is 4.82. The van der Waals surface area contributed by atoms with E-state index in [0.29, 0.717) is 16.9 Å². The minimum atomic E-state index is -0.452. The summed E-state index contributed by atoms with van der Waals surface area (Å²) in [5.41, 5.74) is 1.57. The second-order valence-electron chi connectivity index (χ2n) is 4.82. The van der Waals surface area contributed by atoms with Crippen LogP contribution in [0.15, 0.2) is 24.7 Å². The number of rotatable bonds is 3. The van der Waals surface area contributed by atoms with Gasteiger partial charge < -0.3 is 14.0 Å². The van der Waals surface area contributed by atoms with E-state index < -0.39 is 5.97 Å². The molecule has 0 aliphatic heterocycles. The standard InChI is InChI=1S/C14H17N3O3/c1-9(2)13(18)16(3)11-7-10(14(19)20-4)8-17-6-5-15-12(11)17/h5-9H,1-4H3. The number of nitrogens with zero attached hydrogens (tertiary/aromatic N) is 3. The van der Waals surface area contributed by atoms with E-state index in [1.807, 2.05) is 13.8 Å². The molecule has 20 heavy (non-hydrogen) atoms. The zero-order chi connectivity index (χ0) is 14.9. The fourth-order valence-corrected chi connectivity index (χ4v) is 2.00. The largest absolute Gasteiger partial charge is 0.465 e. The summed E-state index contributed by atoms with van der Waals surface area (Å²) in [7, 11) is 3.00. The summed E-state index contributed by atoms with van der Waals surface area (Å²) in [6.45, 7) is 3.65. The van der Waals surface area contributed by atoms with Crippen LogP contribution in [0.25, 0.3) is 5.65 Å². The summed E-state index contributed by atoms with van der Waals surface area (Å²) in [5.74, 6) is -0.638. The van der Waals surface area contributed by atoms with Gasteiger partial charge in [-0.3, -0.25) is 4.79 Å². The van der Waals surface area contributed by atoms with Crippen LogP contribution in [0.4, 0.5) is 5.69 Å². The summed E-state index contributed by atoms with van der Waals surface area (Å²) >= 11 is 0. The monoisotopic (exact) mass is 275 g/mol. The number of ether oxygens (including phenoxy) is 1. The van der Waals surface area contributed by atoms with Gasteiger partial charge in [0.2, 0.25) is 5.91 Å². The molecule has 0 atom stereocenters. The lowest BCUT2D eigenvalue weighted by atomic mass is 10.1. The number of methoxy groups -OCH3 is 1. The van der Waals surface area contributed by atoms with Crippen molar-refractivity contribution in [2.24, 2.45) is 5.92 Å². The Morgan fingerprint density at radius 3 is 2.70 bits per heavy atom. The zero-order valence-corrected chi connectivity index (χ0v) is 12.0.